The molecule has 0 bridgehead atoms. The van der Waals surface area contributed by atoms with Gasteiger partial charge in [-0.25, -0.2) is 0 Å². The fraction of sp³-hybridized carbons (Fsp3) is 0.867. The minimum atomic E-state index is -0.0828. The van der Waals surface area contributed by atoms with E-state index in [0.717, 1.165) is 51.6 Å². The fourth-order valence-corrected chi connectivity index (χ4v) is 3.35. The number of likely N-dealkylation sites (tertiary alicyclic amines) is 1. The molecule has 21 heavy (non-hydrogen) atoms. The number of nitrogens with zero attached hydrogens (tertiary/aromatic N) is 1. The van der Waals surface area contributed by atoms with Crippen molar-refractivity contribution >= 4 is 11.8 Å². The van der Waals surface area contributed by atoms with E-state index in [1.807, 2.05) is 4.90 Å². The van der Waals surface area contributed by atoms with Crippen LogP contribution >= 0.6 is 0 Å². The van der Waals surface area contributed by atoms with Gasteiger partial charge in [-0.2, -0.15) is 0 Å². The minimum absolute atomic E-state index is 0.0828. The number of hydrogen-bond donors (Lipinski definition) is 2. The van der Waals surface area contributed by atoms with Crippen molar-refractivity contribution in [2.75, 3.05) is 26.8 Å². The molecule has 0 aromatic heterocycles. The Bertz CT molecular complexity index is 367. The van der Waals surface area contributed by atoms with Crippen LogP contribution in [0.4, 0.5) is 0 Å². The molecule has 0 aromatic rings. The van der Waals surface area contributed by atoms with Crippen molar-refractivity contribution in [2.24, 2.45) is 11.7 Å². The van der Waals surface area contributed by atoms with Crippen LogP contribution in [0.2, 0.25) is 0 Å². The Morgan fingerprint density at radius 1 is 1.24 bits per heavy atom. The Balaban J connectivity index is 1.75. The molecule has 2 amide bonds. The number of carbonyl (C=O) groups excluding carboxylic acids is 2. The van der Waals surface area contributed by atoms with E-state index in [4.69, 9.17) is 10.5 Å². The summed E-state index contributed by atoms with van der Waals surface area (Å²) in [4.78, 5) is 25.9. The molecule has 1 heterocycles. The van der Waals surface area contributed by atoms with Crippen molar-refractivity contribution in [2.45, 2.75) is 50.6 Å². The van der Waals surface area contributed by atoms with E-state index in [-0.39, 0.29) is 36.4 Å². The van der Waals surface area contributed by atoms with Gasteiger partial charge in [-0.3, -0.25) is 9.59 Å². The normalized spacial score (nSPS) is 27.4. The van der Waals surface area contributed by atoms with Crippen LogP contribution in [0.5, 0.6) is 0 Å². The first-order chi connectivity index (χ1) is 10.1. The van der Waals surface area contributed by atoms with E-state index >= 15 is 0 Å². The molecule has 0 radical (unpaired) electrons. The summed E-state index contributed by atoms with van der Waals surface area (Å²) in [6.45, 7) is 1.55. The van der Waals surface area contributed by atoms with Crippen LogP contribution in [-0.2, 0) is 14.3 Å². The second-order valence-electron chi connectivity index (χ2n) is 6.22. The summed E-state index contributed by atoms with van der Waals surface area (Å²) in [5, 5.41) is 2.94. The number of amides is 2. The Morgan fingerprint density at radius 3 is 2.57 bits per heavy atom. The van der Waals surface area contributed by atoms with Crippen LogP contribution in [0.3, 0.4) is 0 Å². The first-order valence-electron chi connectivity index (χ1n) is 7.92. The largest absolute Gasteiger partial charge is 0.375 e. The minimum Gasteiger partial charge on any atom is -0.375 e. The summed E-state index contributed by atoms with van der Waals surface area (Å²) in [6, 6.07) is 0.337. The van der Waals surface area contributed by atoms with Gasteiger partial charge in [0, 0.05) is 38.2 Å². The topological polar surface area (TPSA) is 84.7 Å². The van der Waals surface area contributed by atoms with E-state index in [2.05, 4.69) is 5.32 Å². The zero-order valence-corrected chi connectivity index (χ0v) is 12.8. The lowest BCUT2D eigenvalue weighted by Crippen LogP contribution is -2.49. The van der Waals surface area contributed by atoms with Crippen molar-refractivity contribution < 1.29 is 14.3 Å². The molecule has 2 rings (SSSR count). The van der Waals surface area contributed by atoms with Crippen LogP contribution in [0.15, 0.2) is 0 Å². The summed E-state index contributed by atoms with van der Waals surface area (Å²) < 4.78 is 4.81. The highest BCUT2D eigenvalue weighted by molar-refractivity contribution is 5.79. The first kappa shape index (κ1) is 16.2. The maximum atomic E-state index is 12.5. The molecular weight excluding hydrogens is 270 g/mol. The van der Waals surface area contributed by atoms with E-state index in [9.17, 15) is 9.59 Å². The number of nitrogens with one attached hydrogen (secondary N) is 1. The molecule has 1 aliphatic heterocycles. The standard InChI is InChI=1S/C15H27N3O3/c1-21-10-14(19)17-13-5-7-18(8-6-13)15(20)11-3-2-4-12(16)9-11/h11-13H,2-10,16H2,1H3,(H,17,19). The third-order valence-corrected chi connectivity index (χ3v) is 4.51. The molecule has 120 valence electrons. The Hall–Kier alpha value is -1.14. The van der Waals surface area contributed by atoms with Gasteiger partial charge in [0.2, 0.25) is 11.8 Å². The third-order valence-electron chi connectivity index (χ3n) is 4.51. The molecule has 6 heteroatoms. The highest BCUT2D eigenvalue weighted by atomic mass is 16.5. The molecule has 6 nitrogen and oxygen atoms in total. The lowest BCUT2D eigenvalue weighted by Gasteiger charge is -2.36. The van der Waals surface area contributed by atoms with Gasteiger partial charge in [0.25, 0.3) is 0 Å². The highest BCUT2D eigenvalue weighted by Gasteiger charge is 2.31. The van der Waals surface area contributed by atoms with Crippen molar-refractivity contribution in [1.82, 2.24) is 10.2 Å². The maximum Gasteiger partial charge on any atom is 0.246 e. The van der Waals surface area contributed by atoms with Gasteiger partial charge in [0.1, 0.15) is 6.61 Å². The molecule has 2 atom stereocenters. The predicted octanol–water partition coefficient (Wildman–Crippen LogP) is 0.258. The fourth-order valence-electron chi connectivity index (χ4n) is 3.35. The van der Waals surface area contributed by atoms with Crippen molar-refractivity contribution in [3.05, 3.63) is 0 Å². The van der Waals surface area contributed by atoms with E-state index in [0.29, 0.717) is 0 Å². The van der Waals surface area contributed by atoms with Gasteiger partial charge in [0.05, 0.1) is 0 Å². The molecule has 1 aliphatic carbocycles. The maximum absolute atomic E-state index is 12.5. The lowest BCUT2D eigenvalue weighted by molar-refractivity contribution is -0.138. The molecule has 0 aromatic carbocycles. The number of hydrogen-bond acceptors (Lipinski definition) is 4. The molecule has 1 saturated carbocycles. The zero-order chi connectivity index (χ0) is 15.2. The van der Waals surface area contributed by atoms with Crippen molar-refractivity contribution in [3.8, 4) is 0 Å². The average molecular weight is 297 g/mol. The molecule has 3 N–H and O–H groups in total. The molecular formula is C15H27N3O3. The van der Waals surface area contributed by atoms with Gasteiger partial charge in [0.15, 0.2) is 0 Å². The molecule has 0 spiro atoms. The zero-order valence-electron chi connectivity index (χ0n) is 12.8. The van der Waals surface area contributed by atoms with E-state index in [1.165, 1.54) is 7.11 Å². The van der Waals surface area contributed by atoms with Gasteiger partial charge in [-0.1, -0.05) is 6.42 Å². The Kier molecular flexibility index (Phi) is 5.99. The van der Waals surface area contributed by atoms with Crippen LogP contribution in [0.1, 0.15) is 38.5 Å². The van der Waals surface area contributed by atoms with Crippen LogP contribution in [0.25, 0.3) is 0 Å². The number of ether oxygens (including phenoxy) is 1. The number of carbonyl (C=O) groups is 2. The summed E-state index contributed by atoms with van der Waals surface area (Å²) in [5.41, 5.74) is 5.97. The third kappa shape index (κ3) is 4.68. The summed E-state index contributed by atoms with van der Waals surface area (Å²) >= 11 is 0. The van der Waals surface area contributed by atoms with Gasteiger partial charge < -0.3 is 20.7 Å². The van der Waals surface area contributed by atoms with Crippen LogP contribution < -0.4 is 11.1 Å². The average Bonchev–Trinajstić information content (AvgIpc) is 2.47. The predicted molar refractivity (Wildman–Crippen MR) is 79.6 cm³/mol. The van der Waals surface area contributed by atoms with Crippen molar-refractivity contribution in [1.29, 1.82) is 0 Å². The summed E-state index contributed by atoms with van der Waals surface area (Å²) in [7, 11) is 1.51. The molecule has 2 fully saturated rings. The summed E-state index contributed by atoms with van der Waals surface area (Å²) in [6.07, 6.45) is 5.53. The number of rotatable bonds is 4. The number of nitrogens with two attached hydrogens (primary N) is 1. The summed E-state index contributed by atoms with van der Waals surface area (Å²) in [5.74, 6) is 0.278. The molecule has 1 saturated heterocycles. The monoisotopic (exact) mass is 297 g/mol. The van der Waals surface area contributed by atoms with E-state index in [1.54, 1.807) is 0 Å². The molecule has 2 aliphatic rings. The quantitative estimate of drug-likeness (QED) is 0.779. The van der Waals surface area contributed by atoms with Gasteiger partial charge >= 0.3 is 0 Å². The van der Waals surface area contributed by atoms with Crippen LogP contribution in [0, 0.1) is 5.92 Å². The number of methoxy groups -OCH3 is 1. The Morgan fingerprint density at radius 2 is 1.95 bits per heavy atom. The van der Waals surface area contributed by atoms with Gasteiger partial charge in [-0.15, -0.1) is 0 Å². The van der Waals surface area contributed by atoms with Gasteiger partial charge in [-0.05, 0) is 32.1 Å². The SMILES string of the molecule is COCC(=O)NC1CCN(C(=O)C2CCCC(N)C2)CC1. The van der Waals surface area contributed by atoms with E-state index < -0.39 is 0 Å². The van der Waals surface area contributed by atoms with Crippen molar-refractivity contribution in [3.63, 3.8) is 0 Å². The second-order valence-corrected chi connectivity index (χ2v) is 6.22. The lowest BCUT2D eigenvalue weighted by atomic mass is 9.85. The Labute approximate surface area is 126 Å². The first-order valence-corrected chi connectivity index (χ1v) is 7.92. The second kappa shape index (κ2) is 7.75. The van der Waals surface area contributed by atoms with Crippen LogP contribution in [-0.4, -0.2) is 55.6 Å². The molecule has 2 unspecified atom stereocenters. The smallest absolute Gasteiger partial charge is 0.246 e. The highest BCUT2D eigenvalue weighted by Crippen LogP contribution is 2.26. The number of piperidine rings is 1.